The standard InChI is InChI=1S/C23H25ClN2O3S/c1-29-18-8-6-17(7-9-18)26-15-16(14-22(26)27)23(28)25-11-10-21(30-13-12-25)19-4-2-3-5-20(19)24/h2-9,16,21H,10-15H2,1H3. The molecule has 0 aromatic heterocycles. The molecule has 30 heavy (non-hydrogen) atoms. The highest BCUT2D eigenvalue weighted by molar-refractivity contribution is 7.99. The number of amides is 2. The average Bonchev–Trinajstić information content (AvgIpc) is 2.99. The van der Waals surface area contributed by atoms with Gasteiger partial charge in [0.2, 0.25) is 11.8 Å². The zero-order chi connectivity index (χ0) is 21.1. The summed E-state index contributed by atoms with van der Waals surface area (Å²) in [6.45, 7) is 1.83. The van der Waals surface area contributed by atoms with Crippen molar-refractivity contribution in [2.45, 2.75) is 18.1 Å². The van der Waals surface area contributed by atoms with E-state index < -0.39 is 0 Å². The number of thioether (sulfide) groups is 1. The maximum atomic E-state index is 13.2. The van der Waals surface area contributed by atoms with Crippen LogP contribution in [-0.4, -0.2) is 49.2 Å². The van der Waals surface area contributed by atoms with Crippen LogP contribution in [0.4, 0.5) is 5.69 Å². The van der Waals surface area contributed by atoms with Gasteiger partial charge in [-0.2, -0.15) is 11.8 Å². The van der Waals surface area contributed by atoms with Gasteiger partial charge in [-0.15, -0.1) is 0 Å². The van der Waals surface area contributed by atoms with Crippen LogP contribution in [0.1, 0.15) is 23.7 Å². The van der Waals surface area contributed by atoms with E-state index >= 15 is 0 Å². The van der Waals surface area contributed by atoms with E-state index in [1.165, 1.54) is 0 Å². The molecule has 2 amide bonds. The van der Waals surface area contributed by atoms with Gasteiger partial charge < -0.3 is 14.5 Å². The molecule has 0 saturated carbocycles. The Morgan fingerprint density at radius 2 is 1.90 bits per heavy atom. The molecule has 7 heteroatoms. The van der Waals surface area contributed by atoms with Crippen molar-refractivity contribution < 1.29 is 14.3 Å². The van der Waals surface area contributed by atoms with Gasteiger partial charge in [0.15, 0.2) is 0 Å². The van der Waals surface area contributed by atoms with Crippen LogP contribution in [0.15, 0.2) is 48.5 Å². The topological polar surface area (TPSA) is 49.9 Å². The molecule has 2 saturated heterocycles. The van der Waals surface area contributed by atoms with Crippen LogP contribution in [0.2, 0.25) is 5.02 Å². The van der Waals surface area contributed by atoms with Gasteiger partial charge >= 0.3 is 0 Å². The molecule has 158 valence electrons. The molecule has 0 radical (unpaired) electrons. The van der Waals surface area contributed by atoms with Crippen LogP contribution >= 0.6 is 23.4 Å². The fourth-order valence-electron chi connectivity index (χ4n) is 4.12. The lowest BCUT2D eigenvalue weighted by atomic mass is 10.1. The zero-order valence-electron chi connectivity index (χ0n) is 16.9. The highest BCUT2D eigenvalue weighted by Crippen LogP contribution is 2.38. The van der Waals surface area contributed by atoms with Crippen LogP contribution in [0, 0.1) is 5.92 Å². The molecule has 0 aliphatic carbocycles. The smallest absolute Gasteiger partial charge is 0.228 e. The van der Waals surface area contributed by atoms with Crippen molar-refractivity contribution >= 4 is 40.9 Å². The molecule has 2 heterocycles. The van der Waals surface area contributed by atoms with Crippen LogP contribution in [0.5, 0.6) is 5.75 Å². The third-order valence-electron chi connectivity index (χ3n) is 5.76. The maximum absolute atomic E-state index is 13.2. The van der Waals surface area contributed by atoms with Crippen LogP contribution < -0.4 is 9.64 Å². The molecule has 4 rings (SSSR count). The molecule has 2 atom stereocenters. The number of rotatable bonds is 4. The summed E-state index contributed by atoms with van der Waals surface area (Å²) in [6, 6.07) is 15.3. The van der Waals surface area contributed by atoms with Crippen molar-refractivity contribution in [2.75, 3.05) is 37.4 Å². The number of nitrogens with zero attached hydrogens (tertiary/aromatic N) is 2. The molecular weight excluding hydrogens is 420 g/mol. The van der Waals surface area contributed by atoms with Crippen molar-refractivity contribution in [3.8, 4) is 5.75 Å². The minimum atomic E-state index is -0.290. The second-order valence-electron chi connectivity index (χ2n) is 7.60. The summed E-state index contributed by atoms with van der Waals surface area (Å²) in [7, 11) is 1.61. The van der Waals surface area contributed by atoms with Crippen molar-refractivity contribution in [1.82, 2.24) is 4.90 Å². The van der Waals surface area contributed by atoms with Gasteiger partial charge in [-0.25, -0.2) is 0 Å². The van der Waals surface area contributed by atoms with Crippen LogP contribution in [0.25, 0.3) is 0 Å². The molecule has 5 nitrogen and oxygen atoms in total. The fourth-order valence-corrected chi connectivity index (χ4v) is 5.72. The molecule has 2 aromatic carbocycles. The third-order valence-corrected chi connectivity index (χ3v) is 7.42. The first-order chi connectivity index (χ1) is 14.6. The minimum Gasteiger partial charge on any atom is -0.497 e. The molecule has 2 aliphatic heterocycles. The summed E-state index contributed by atoms with van der Waals surface area (Å²) >= 11 is 8.23. The van der Waals surface area contributed by atoms with E-state index in [4.69, 9.17) is 16.3 Å². The average molecular weight is 445 g/mol. The van der Waals surface area contributed by atoms with Crippen LogP contribution in [0.3, 0.4) is 0 Å². The molecular formula is C23H25ClN2O3S. The normalized spacial score (nSPS) is 22.1. The Labute approximate surface area is 186 Å². The summed E-state index contributed by atoms with van der Waals surface area (Å²) in [5.74, 6) is 1.40. The highest BCUT2D eigenvalue weighted by atomic mass is 35.5. The zero-order valence-corrected chi connectivity index (χ0v) is 18.5. The summed E-state index contributed by atoms with van der Waals surface area (Å²) < 4.78 is 5.18. The summed E-state index contributed by atoms with van der Waals surface area (Å²) in [4.78, 5) is 29.4. The van der Waals surface area contributed by atoms with Crippen molar-refractivity contribution in [1.29, 1.82) is 0 Å². The number of benzene rings is 2. The van der Waals surface area contributed by atoms with E-state index in [0.29, 0.717) is 19.6 Å². The van der Waals surface area contributed by atoms with Gasteiger partial charge in [0.25, 0.3) is 0 Å². The Hall–Kier alpha value is -2.18. The van der Waals surface area contributed by atoms with Gasteiger partial charge in [0, 0.05) is 47.8 Å². The number of methoxy groups -OCH3 is 1. The number of anilines is 1. The Morgan fingerprint density at radius 1 is 1.13 bits per heavy atom. The number of carbonyl (C=O) groups is 2. The van der Waals surface area contributed by atoms with Gasteiger partial charge in [-0.3, -0.25) is 9.59 Å². The van der Waals surface area contributed by atoms with Gasteiger partial charge in [0.05, 0.1) is 13.0 Å². The molecule has 0 N–H and O–H groups in total. The predicted molar refractivity (Wildman–Crippen MR) is 121 cm³/mol. The third kappa shape index (κ3) is 4.44. The van der Waals surface area contributed by atoms with E-state index in [1.807, 2.05) is 59.1 Å². The molecule has 2 fully saturated rings. The van der Waals surface area contributed by atoms with Gasteiger partial charge in [-0.05, 0) is 42.3 Å². The fraction of sp³-hybridized carbons (Fsp3) is 0.391. The van der Waals surface area contributed by atoms with E-state index in [2.05, 4.69) is 6.07 Å². The lowest BCUT2D eigenvalue weighted by Crippen LogP contribution is -2.38. The minimum absolute atomic E-state index is 0.00309. The SMILES string of the molecule is COc1ccc(N2CC(C(=O)N3CCSC(c4ccccc4Cl)CC3)CC2=O)cc1. The van der Waals surface area contributed by atoms with Crippen molar-refractivity contribution in [3.05, 3.63) is 59.1 Å². The number of halogens is 1. The Bertz CT molecular complexity index is 921. The molecule has 0 spiro atoms. The van der Waals surface area contributed by atoms with Crippen molar-refractivity contribution in [3.63, 3.8) is 0 Å². The first kappa shape index (κ1) is 21.1. The number of hydrogen-bond donors (Lipinski definition) is 0. The van der Waals surface area contributed by atoms with E-state index in [1.54, 1.807) is 12.0 Å². The Kier molecular flexibility index (Phi) is 6.54. The summed E-state index contributed by atoms with van der Waals surface area (Å²) in [5, 5.41) is 1.07. The maximum Gasteiger partial charge on any atom is 0.228 e. The lowest BCUT2D eigenvalue weighted by molar-refractivity contribution is -0.135. The summed E-state index contributed by atoms with van der Waals surface area (Å²) in [6.07, 6.45) is 1.13. The van der Waals surface area contributed by atoms with Gasteiger partial charge in [0.1, 0.15) is 5.75 Å². The van der Waals surface area contributed by atoms with Crippen molar-refractivity contribution in [2.24, 2.45) is 5.92 Å². The molecule has 2 aromatic rings. The first-order valence-corrected chi connectivity index (χ1v) is 11.6. The Morgan fingerprint density at radius 3 is 2.63 bits per heavy atom. The molecule has 2 aliphatic rings. The van der Waals surface area contributed by atoms with E-state index in [-0.39, 0.29) is 29.4 Å². The summed E-state index contributed by atoms with van der Waals surface area (Å²) in [5.41, 5.74) is 1.95. The first-order valence-electron chi connectivity index (χ1n) is 10.2. The predicted octanol–water partition coefficient (Wildman–Crippen LogP) is 4.41. The molecule has 0 bridgehead atoms. The second kappa shape index (κ2) is 9.31. The number of hydrogen-bond acceptors (Lipinski definition) is 4. The quantitative estimate of drug-likeness (QED) is 0.701. The second-order valence-corrected chi connectivity index (χ2v) is 9.32. The number of ether oxygens (including phenoxy) is 1. The Balaban J connectivity index is 1.39. The van der Waals surface area contributed by atoms with Gasteiger partial charge in [-0.1, -0.05) is 29.8 Å². The van der Waals surface area contributed by atoms with E-state index in [9.17, 15) is 9.59 Å². The van der Waals surface area contributed by atoms with E-state index in [0.717, 1.165) is 34.2 Å². The molecule has 2 unspecified atom stereocenters. The van der Waals surface area contributed by atoms with Crippen LogP contribution in [-0.2, 0) is 9.59 Å². The number of carbonyl (C=O) groups excluding carboxylic acids is 2. The largest absolute Gasteiger partial charge is 0.497 e. The highest BCUT2D eigenvalue weighted by Gasteiger charge is 2.37. The monoisotopic (exact) mass is 444 g/mol. The lowest BCUT2D eigenvalue weighted by Gasteiger charge is -2.24.